The molecular formula is C18H20ClN. The Hall–Kier alpha value is -1.47. The first kappa shape index (κ1) is 13.5. The van der Waals surface area contributed by atoms with E-state index in [1.54, 1.807) is 0 Å². The van der Waals surface area contributed by atoms with Crippen molar-refractivity contribution in [1.82, 2.24) is 0 Å². The summed E-state index contributed by atoms with van der Waals surface area (Å²) in [6, 6.07) is 15.2. The maximum Gasteiger partial charge on any atom is 0.0542 e. The van der Waals surface area contributed by atoms with Crippen molar-refractivity contribution >= 4 is 17.3 Å². The lowest BCUT2D eigenvalue weighted by molar-refractivity contribution is 0.678. The fourth-order valence-electron chi connectivity index (χ4n) is 2.63. The maximum absolute atomic E-state index is 6.00. The zero-order valence-corrected chi connectivity index (χ0v) is 12.7. The summed E-state index contributed by atoms with van der Waals surface area (Å²) in [6.07, 6.45) is 2.62. The van der Waals surface area contributed by atoms with E-state index in [0.717, 1.165) is 10.9 Å². The van der Waals surface area contributed by atoms with Gasteiger partial charge >= 0.3 is 0 Å². The molecule has 104 valence electrons. The lowest BCUT2D eigenvalue weighted by Crippen LogP contribution is -2.13. The highest BCUT2D eigenvalue weighted by atomic mass is 35.5. The maximum atomic E-state index is 6.00. The molecule has 1 atom stereocenters. The van der Waals surface area contributed by atoms with E-state index in [4.69, 9.17) is 11.6 Å². The lowest BCUT2D eigenvalue weighted by Gasteiger charge is -2.22. The Morgan fingerprint density at radius 3 is 2.40 bits per heavy atom. The highest BCUT2D eigenvalue weighted by Gasteiger charge is 2.32. The van der Waals surface area contributed by atoms with Crippen LogP contribution in [0.3, 0.4) is 0 Å². The van der Waals surface area contributed by atoms with Gasteiger partial charge in [-0.2, -0.15) is 0 Å². The molecule has 0 aliphatic heterocycles. The van der Waals surface area contributed by atoms with E-state index in [-0.39, 0.29) is 0 Å². The second kappa shape index (κ2) is 5.49. The molecule has 0 saturated heterocycles. The van der Waals surface area contributed by atoms with E-state index in [1.807, 2.05) is 12.1 Å². The Balaban J connectivity index is 1.88. The Morgan fingerprint density at radius 2 is 1.75 bits per heavy atom. The molecule has 1 N–H and O–H groups in total. The predicted octanol–water partition coefficient (Wildman–Crippen LogP) is 5.52. The standard InChI is InChI=1S/C18H20ClN/c1-12-3-4-13(2)17(11-12)20-18(14-5-6-14)15-7-9-16(19)10-8-15/h3-4,7-11,14,18,20H,5-6H2,1-2H3. The molecule has 2 aromatic carbocycles. The Morgan fingerprint density at radius 1 is 1.05 bits per heavy atom. The van der Waals surface area contributed by atoms with Crippen LogP contribution >= 0.6 is 11.6 Å². The van der Waals surface area contributed by atoms with Crippen LogP contribution in [0.1, 0.15) is 35.6 Å². The summed E-state index contributed by atoms with van der Waals surface area (Å²) in [7, 11) is 0. The molecular weight excluding hydrogens is 266 g/mol. The molecule has 1 unspecified atom stereocenters. The molecule has 3 rings (SSSR count). The molecule has 0 amide bonds. The van der Waals surface area contributed by atoms with Crippen LogP contribution in [0, 0.1) is 19.8 Å². The summed E-state index contributed by atoms with van der Waals surface area (Å²) in [5, 5.41) is 4.54. The van der Waals surface area contributed by atoms with Crippen LogP contribution in [0.5, 0.6) is 0 Å². The SMILES string of the molecule is Cc1ccc(C)c(NC(c2ccc(Cl)cc2)C2CC2)c1. The molecule has 0 heterocycles. The first-order valence-corrected chi connectivity index (χ1v) is 7.60. The van der Waals surface area contributed by atoms with Crippen molar-refractivity contribution < 1.29 is 0 Å². The number of hydrogen-bond donors (Lipinski definition) is 1. The molecule has 1 aliphatic rings. The van der Waals surface area contributed by atoms with E-state index < -0.39 is 0 Å². The van der Waals surface area contributed by atoms with Gasteiger partial charge in [-0.1, -0.05) is 35.9 Å². The van der Waals surface area contributed by atoms with Gasteiger partial charge in [0.15, 0.2) is 0 Å². The molecule has 1 aliphatic carbocycles. The molecule has 0 spiro atoms. The third-order valence-electron chi connectivity index (χ3n) is 4.03. The van der Waals surface area contributed by atoms with Crippen LogP contribution in [0.4, 0.5) is 5.69 Å². The van der Waals surface area contributed by atoms with Gasteiger partial charge in [-0.3, -0.25) is 0 Å². The van der Waals surface area contributed by atoms with E-state index in [9.17, 15) is 0 Å². The summed E-state index contributed by atoms with van der Waals surface area (Å²) in [5.74, 6) is 0.746. The van der Waals surface area contributed by atoms with Crippen LogP contribution < -0.4 is 5.32 Å². The molecule has 0 bridgehead atoms. The van der Waals surface area contributed by atoms with Crippen LogP contribution in [0.25, 0.3) is 0 Å². The van der Waals surface area contributed by atoms with Crippen molar-refractivity contribution in [2.45, 2.75) is 32.7 Å². The van der Waals surface area contributed by atoms with Crippen molar-refractivity contribution in [3.05, 3.63) is 64.2 Å². The third-order valence-corrected chi connectivity index (χ3v) is 4.28. The van der Waals surface area contributed by atoms with E-state index in [0.29, 0.717) is 6.04 Å². The van der Waals surface area contributed by atoms with Gasteiger partial charge in [0.05, 0.1) is 6.04 Å². The Kier molecular flexibility index (Phi) is 3.71. The first-order valence-electron chi connectivity index (χ1n) is 7.23. The molecule has 2 aromatic rings. The topological polar surface area (TPSA) is 12.0 Å². The summed E-state index contributed by atoms with van der Waals surface area (Å²) < 4.78 is 0. The average molecular weight is 286 g/mol. The normalized spacial score (nSPS) is 15.9. The molecule has 1 fully saturated rings. The Bertz CT molecular complexity index is 599. The van der Waals surface area contributed by atoms with Crippen molar-refractivity contribution in [3.8, 4) is 0 Å². The predicted molar refractivity (Wildman–Crippen MR) is 86.5 cm³/mol. The number of aryl methyl sites for hydroxylation is 2. The van der Waals surface area contributed by atoms with Crippen LogP contribution in [0.15, 0.2) is 42.5 Å². The molecule has 20 heavy (non-hydrogen) atoms. The van der Waals surface area contributed by atoms with Gasteiger partial charge in [-0.05, 0) is 67.5 Å². The van der Waals surface area contributed by atoms with Gasteiger partial charge in [0, 0.05) is 10.7 Å². The monoisotopic (exact) mass is 285 g/mol. The van der Waals surface area contributed by atoms with Gasteiger partial charge in [0.25, 0.3) is 0 Å². The van der Waals surface area contributed by atoms with E-state index in [2.05, 4.69) is 49.5 Å². The average Bonchev–Trinajstić information content (AvgIpc) is 3.25. The summed E-state index contributed by atoms with van der Waals surface area (Å²) >= 11 is 6.00. The largest absolute Gasteiger partial charge is 0.378 e. The van der Waals surface area contributed by atoms with Crippen LogP contribution in [-0.2, 0) is 0 Å². The molecule has 2 heteroatoms. The van der Waals surface area contributed by atoms with Crippen LogP contribution in [0.2, 0.25) is 5.02 Å². The molecule has 0 radical (unpaired) electrons. The van der Waals surface area contributed by atoms with Gasteiger partial charge in [-0.25, -0.2) is 0 Å². The number of hydrogen-bond acceptors (Lipinski definition) is 1. The lowest BCUT2D eigenvalue weighted by atomic mass is 10.0. The Labute approximate surface area is 126 Å². The van der Waals surface area contributed by atoms with E-state index in [1.165, 1.54) is 35.2 Å². The summed E-state index contributed by atoms with van der Waals surface area (Å²) in [6.45, 7) is 4.30. The number of halogens is 1. The zero-order chi connectivity index (χ0) is 14.1. The number of anilines is 1. The quantitative estimate of drug-likeness (QED) is 0.780. The van der Waals surface area contributed by atoms with Crippen molar-refractivity contribution in [1.29, 1.82) is 0 Å². The minimum atomic E-state index is 0.396. The van der Waals surface area contributed by atoms with Gasteiger partial charge in [0.2, 0.25) is 0 Å². The van der Waals surface area contributed by atoms with Gasteiger partial charge in [0.1, 0.15) is 0 Å². The van der Waals surface area contributed by atoms with Crippen molar-refractivity contribution in [2.24, 2.45) is 5.92 Å². The zero-order valence-electron chi connectivity index (χ0n) is 12.0. The minimum absolute atomic E-state index is 0.396. The fourth-order valence-corrected chi connectivity index (χ4v) is 2.76. The number of benzene rings is 2. The van der Waals surface area contributed by atoms with Crippen LogP contribution in [-0.4, -0.2) is 0 Å². The number of rotatable bonds is 4. The van der Waals surface area contributed by atoms with E-state index >= 15 is 0 Å². The minimum Gasteiger partial charge on any atom is -0.378 e. The molecule has 1 saturated carbocycles. The summed E-state index contributed by atoms with van der Waals surface area (Å²) in [4.78, 5) is 0. The van der Waals surface area contributed by atoms with Crippen molar-refractivity contribution in [2.75, 3.05) is 5.32 Å². The first-order chi connectivity index (χ1) is 9.63. The van der Waals surface area contributed by atoms with Crippen molar-refractivity contribution in [3.63, 3.8) is 0 Å². The smallest absolute Gasteiger partial charge is 0.0542 e. The fraction of sp³-hybridized carbons (Fsp3) is 0.333. The summed E-state index contributed by atoms with van der Waals surface area (Å²) in [5.41, 5.74) is 5.17. The molecule has 1 nitrogen and oxygen atoms in total. The second-order valence-corrected chi connectivity index (χ2v) is 6.27. The highest BCUT2D eigenvalue weighted by Crippen LogP contribution is 2.43. The van der Waals surface area contributed by atoms with Gasteiger partial charge < -0.3 is 5.32 Å². The molecule has 0 aromatic heterocycles. The second-order valence-electron chi connectivity index (χ2n) is 5.83. The van der Waals surface area contributed by atoms with Gasteiger partial charge in [-0.15, -0.1) is 0 Å². The third kappa shape index (κ3) is 2.99. The number of nitrogens with one attached hydrogen (secondary N) is 1. The highest BCUT2D eigenvalue weighted by molar-refractivity contribution is 6.30.